The number of hydrogen-bond donors (Lipinski definition) is 2. The number of rotatable bonds is 5. The summed E-state index contributed by atoms with van der Waals surface area (Å²) in [6, 6.07) is 3.23. The van der Waals surface area contributed by atoms with E-state index in [0.717, 1.165) is 22.6 Å². The molecular formula is C11H16N2O3S2. The van der Waals surface area contributed by atoms with Gasteiger partial charge in [0, 0.05) is 17.3 Å². The van der Waals surface area contributed by atoms with Gasteiger partial charge in [-0.25, -0.2) is 13.6 Å². The van der Waals surface area contributed by atoms with E-state index < -0.39 is 10.0 Å². The number of sulfonamides is 1. The highest BCUT2D eigenvalue weighted by Gasteiger charge is 2.38. The van der Waals surface area contributed by atoms with Gasteiger partial charge in [0.2, 0.25) is 15.9 Å². The molecule has 18 heavy (non-hydrogen) atoms. The molecule has 3 N–H and O–H groups in total. The van der Waals surface area contributed by atoms with Crippen molar-refractivity contribution >= 4 is 27.3 Å². The molecule has 1 aliphatic carbocycles. The Bertz CT molecular complexity index is 550. The van der Waals surface area contributed by atoms with E-state index in [2.05, 4.69) is 12.2 Å². The van der Waals surface area contributed by atoms with Crippen LogP contribution in [-0.2, 0) is 21.2 Å². The molecule has 2 unspecified atom stereocenters. The number of hydrogen-bond acceptors (Lipinski definition) is 4. The minimum Gasteiger partial charge on any atom is -0.355 e. The molecule has 1 heterocycles. The van der Waals surface area contributed by atoms with Crippen LogP contribution in [0.1, 0.15) is 18.2 Å². The van der Waals surface area contributed by atoms with Crippen LogP contribution in [0.2, 0.25) is 0 Å². The average molecular weight is 288 g/mol. The third-order valence-electron chi connectivity index (χ3n) is 3.03. The Morgan fingerprint density at radius 1 is 1.56 bits per heavy atom. The maximum absolute atomic E-state index is 11.5. The van der Waals surface area contributed by atoms with E-state index in [-0.39, 0.29) is 16.0 Å². The summed E-state index contributed by atoms with van der Waals surface area (Å²) in [6.07, 6.45) is 1.60. The van der Waals surface area contributed by atoms with Gasteiger partial charge in [-0.05, 0) is 30.9 Å². The van der Waals surface area contributed by atoms with E-state index in [4.69, 9.17) is 5.14 Å². The molecule has 5 nitrogen and oxygen atoms in total. The molecule has 0 saturated heterocycles. The van der Waals surface area contributed by atoms with Crippen LogP contribution in [0.4, 0.5) is 0 Å². The van der Waals surface area contributed by atoms with Gasteiger partial charge in [0.25, 0.3) is 0 Å². The van der Waals surface area contributed by atoms with Crippen molar-refractivity contribution in [2.45, 2.75) is 24.0 Å². The molecule has 1 saturated carbocycles. The van der Waals surface area contributed by atoms with Crippen molar-refractivity contribution in [3.8, 4) is 0 Å². The first kappa shape index (κ1) is 13.5. The van der Waals surface area contributed by atoms with Crippen LogP contribution < -0.4 is 10.5 Å². The molecular weight excluding hydrogens is 272 g/mol. The van der Waals surface area contributed by atoms with Crippen molar-refractivity contribution in [3.63, 3.8) is 0 Å². The summed E-state index contributed by atoms with van der Waals surface area (Å²) in [7, 11) is -3.60. The third kappa shape index (κ3) is 3.30. The lowest BCUT2D eigenvalue weighted by molar-refractivity contribution is -0.122. The summed E-state index contributed by atoms with van der Waals surface area (Å²) in [5, 5.41) is 7.88. The maximum Gasteiger partial charge on any atom is 0.247 e. The molecule has 0 aromatic carbocycles. The SMILES string of the molecule is CC1CC1C(=O)NCCc1ccc(S(N)(=O)=O)s1. The smallest absolute Gasteiger partial charge is 0.247 e. The van der Waals surface area contributed by atoms with Gasteiger partial charge >= 0.3 is 0 Å². The number of primary sulfonamides is 1. The number of carbonyl (C=O) groups is 1. The van der Waals surface area contributed by atoms with Crippen LogP contribution in [0.3, 0.4) is 0 Å². The van der Waals surface area contributed by atoms with Gasteiger partial charge < -0.3 is 5.32 Å². The van der Waals surface area contributed by atoms with E-state index in [9.17, 15) is 13.2 Å². The van der Waals surface area contributed by atoms with Crippen LogP contribution in [0.25, 0.3) is 0 Å². The zero-order chi connectivity index (χ0) is 13.3. The lowest BCUT2D eigenvalue weighted by atomic mass is 10.3. The van der Waals surface area contributed by atoms with Crippen molar-refractivity contribution in [2.24, 2.45) is 17.0 Å². The molecule has 1 fully saturated rings. The molecule has 1 aromatic heterocycles. The summed E-state index contributed by atoms with van der Waals surface area (Å²) < 4.78 is 22.3. The minimum atomic E-state index is -3.60. The normalized spacial score (nSPS) is 22.8. The van der Waals surface area contributed by atoms with Crippen LogP contribution >= 0.6 is 11.3 Å². The van der Waals surface area contributed by atoms with Crippen molar-refractivity contribution in [2.75, 3.05) is 6.54 Å². The fourth-order valence-electron chi connectivity index (χ4n) is 1.77. The van der Waals surface area contributed by atoms with Crippen molar-refractivity contribution in [1.82, 2.24) is 5.32 Å². The van der Waals surface area contributed by atoms with E-state index >= 15 is 0 Å². The lowest BCUT2D eigenvalue weighted by Crippen LogP contribution is -2.27. The van der Waals surface area contributed by atoms with Gasteiger partial charge in [-0.1, -0.05) is 6.92 Å². The number of carbonyl (C=O) groups excluding carboxylic acids is 1. The zero-order valence-corrected chi connectivity index (χ0v) is 11.7. The van der Waals surface area contributed by atoms with Crippen LogP contribution in [0.15, 0.2) is 16.3 Å². The van der Waals surface area contributed by atoms with Gasteiger partial charge in [0.15, 0.2) is 0 Å². The zero-order valence-electron chi connectivity index (χ0n) is 10.0. The molecule has 0 aliphatic heterocycles. The predicted octanol–water partition coefficient (Wildman–Crippen LogP) is 0.710. The molecule has 0 bridgehead atoms. The van der Waals surface area contributed by atoms with Crippen molar-refractivity contribution in [3.05, 3.63) is 17.0 Å². The summed E-state index contributed by atoms with van der Waals surface area (Å²) in [5.41, 5.74) is 0. The standard InChI is InChI=1S/C11H16N2O3S2/c1-7-6-9(7)11(14)13-5-4-8-2-3-10(17-8)18(12,15)16/h2-3,7,9H,4-6H2,1H3,(H,13,14)(H2,12,15,16). The minimum absolute atomic E-state index is 0.103. The molecule has 1 aliphatic rings. The van der Waals surface area contributed by atoms with Gasteiger partial charge in [0.1, 0.15) is 4.21 Å². The first-order valence-corrected chi connectivity index (χ1v) is 8.13. The summed E-state index contributed by atoms with van der Waals surface area (Å²) >= 11 is 1.15. The van der Waals surface area contributed by atoms with Crippen LogP contribution in [-0.4, -0.2) is 20.9 Å². The van der Waals surface area contributed by atoms with Gasteiger partial charge in [-0.2, -0.15) is 0 Å². The summed E-state index contributed by atoms with van der Waals surface area (Å²) in [6.45, 7) is 2.59. The van der Waals surface area contributed by atoms with E-state index in [1.807, 2.05) is 0 Å². The Morgan fingerprint density at radius 2 is 2.22 bits per heavy atom. The highest BCUT2D eigenvalue weighted by atomic mass is 32.2. The maximum atomic E-state index is 11.5. The largest absolute Gasteiger partial charge is 0.355 e. The van der Waals surface area contributed by atoms with Crippen molar-refractivity contribution in [1.29, 1.82) is 0 Å². The van der Waals surface area contributed by atoms with E-state index in [1.165, 1.54) is 6.07 Å². The van der Waals surface area contributed by atoms with E-state index in [0.29, 0.717) is 18.9 Å². The van der Waals surface area contributed by atoms with Crippen molar-refractivity contribution < 1.29 is 13.2 Å². The van der Waals surface area contributed by atoms with E-state index in [1.54, 1.807) is 6.07 Å². The lowest BCUT2D eigenvalue weighted by Gasteiger charge is -2.02. The second kappa shape index (κ2) is 4.99. The highest BCUT2D eigenvalue weighted by Crippen LogP contribution is 2.37. The molecule has 2 rings (SSSR count). The van der Waals surface area contributed by atoms with Crippen LogP contribution in [0.5, 0.6) is 0 Å². The quantitative estimate of drug-likeness (QED) is 0.836. The first-order valence-electron chi connectivity index (χ1n) is 5.77. The monoisotopic (exact) mass is 288 g/mol. The topological polar surface area (TPSA) is 89.3 Å². The first-order chi connectivity index (χ1) is 8.38. The molecule has 1 amide bonds. The average Bonchev–Trinajstić information content (AvgIpc) is 2.80. The second-order valence-electron chi connectivity index (χ2n) is 4.63. The predicted molar refractivity (Wildman–Crippen MR) is 69.7 cm³/mol. The molecule has 7 heteroatoms. The van der Waals surface area contributed by atoms with Crippen LogP contribution in [0, 0.1) is 11.8 Å². The highest BCUT2D eigenvalue weighted by molar-refractivity contribution is 7.91. The Morgan fingerprint density at radius 3 is 2.72 bits per heavy atom. The van der Waals surface area contributed by atoms with Gasteiger partial charge in [0.05, 0.1) is 0 Å². The summed E-state index contributed by atoms with van der Waals surface area (Å²) in [5.74, 6) is 0.778. The Labute approximate surface area is 110 Å². The number of thiophene rings is 1. The Kier molecular flexibility index (Phi) is 3.74. The number of nitrogens with one attached hydrogen (secondary N) is 1. The third-order valence-corrected chi connectivity index (χ3v) is 5.62. The molecule has 0 spiro atoms. The molecule has 1 aromatic rings. The van der Waals surface area contributed by atoms with Gasteiger partial charge in [-0.15, -0.1) is 11.3 Å². The second-order valence-corrected chi connectivity index (χ2v) is 7.58. The summed E-state index contributed by atoms with van der Waals surface area (Å²) in [4.78, 5) is 12.5. The molecule has 100 valence electrons. The Hall–Kier alpha value is -0.920. The van der Waals surface area contributed by atoms with Gasteiger partial charge in [-0.3, -0.25) is 4.79 Å². The fourth-order valence-corrected chi connectivity index (χ4v) is 3.55. The number of nitrogens with two attached hydrogens (primary N) is 1. The molecule has 0 radical (unpaired) electrons. The fraction of sp³-hybridized carbons (Fsp3) is 0.545. The Balaban J connectivity index is 1.80. The number of amides is 1. The molecule has 2 atom stereocenters.